The molecule has 0 unspecified atom stereocenters. The number of methoxy groups -OCH3 is 1. The second-order valence-electron chi connectivity index (χ2n) is 4.61. The Balaban J connectivity index is 1.97. The zero-order valence-electron chi connectivity index (χ0n) is 12.1. The van der Waals surface area contributed by atoms with Gasteiger partial charge in [0.2, 0.25) is 5.91 Å². The lowest BCUT2D eigenvalue weighted by molar-refractivity contribution is -0.113. The number of hydrogen-bond donors (Lipinski definition) is 2. The van der Waals surface area contributed by atoms with Gasteiger partial charge >= 0.3 is 0 Å². The lowest BCUT2D eigenvalue weighted by atomic mass is 10.2. The van der Waals surface area contributed by atoms with Crippen molar-refractivity contribution in [2.24, 2.45) is 0 Å². The van der Waals surface area contributed by atoms with Gasteiger partial charge in [-0.3, -0.25) is 4.79 Å². The average molecular weight is 302 g/mol. The van der Waals surface area contributed by atoms with Crippen LogP contribution in [0.3, 0.4) is 0 Å². The van der Waals surface area contributed by atoms with Gasteiger partial charge in [0, 0.05) is 10.6 Å². The molecule has 0 aliphatic rings. The number of aryl methyl sites for hydroxylation is 1. The molecular weight excluding hydrogens is 284 g/mol. The molecule has 0 aromatic heterocycles. The predicted molar refractivity (Wildman–Crippen MR) is 87.9 cm³/mol. The number of benzene rings is 2. The Labute approximate surface area is 128 Å². The highest BCUT2D eigenvalue weighted by Crippen LogP contribution is 2.27. The van der Waals surface area contributed by atoms with Crippen molar-refractivity contribution in [3.63, 3.8) is 0 Å². The highest BCUT2D eigenvalue weighted by atomic mass is 32.2. The van der Waals surface area contributed by atoms with Crippen LogP contribution in [0.4, 0.5) is 11.4 Å². The van der Waals surface area contributed by atoms with E-state index in [2.05, 4.69) is 11.4 Å². The number of carbonyl (C=O) groups is 1. The van der Waals surface area contributed by atoms with E-state index in [-0.39, 0.29) is 5.91 Å². The van der Waals surface area contributed by atoms with Crippen LogP contribution in [0.1, 0.15) is 5.56 Å². The number of hydrogen-bond acceptors (Lipinski definition) is 4. The summed E-state index contributed by atoms with van der Waals surface area (Å²) in [7, 11) is 1.56. The molecule has 0 radical (unpaired) electrons. The first-order chi connectivity index (χ1) is 10.1. The van der Waals surface area contributed by atoms with Gasteiger partial charge in [0.25, 0.3) is 0 Å². The van der Waals surface area contributed by atoms with Crippen molar-refractivity contribution < 1.29 is 9.53 Å². The van der Waals surface area contributed by atoms with Crippen molar-refractivity contribution in [1.82, 2.24) is 0 Å². The summed E-state index contributed by atoms with van der Waals surface area (Å²) in [5, 5.41) is 2.82. The van der Waals surface area contributed by atoms with E-state index >= 15 is 0 Å². The highest BCUT2D eigenvalue weighted by Gasteiger charge is 2.08. The number of carbonyl (C=O) groups excluding carboxylic acids is 1. The number of amides is 1. The second-order valence-corrected chi connectivity index (χ2v) is 5.66. The maximum atomic E-state index is 12.0. The van der Waals surface area contributed by atoms with Gasteiger partial charge in [-0.25, -0.2) is 0 Å². The number of ether oxygens (including phenoxy) is 1. The van der Waals surface area contributed by atoms with Crippen molar-refractivity contribution in [3.05, 3.63) is 48.0 Å². The summed E-state index contributed by atoms with van der Waals surface area (Å²) in [6.45, 7) is 2.03. The van der Waals surface area contributed by atoms with E-state index in [4.69, 9.17) is 10.5 Å². The van der Waals surface area contributed by atoms with Gasteiger partial charge < -0.3 is 15.8 Å². The molecule has 0 spiro atoms. The third-order valence-corrected chi connectivity index (χ3v) is 3.85. The predicted octanol–water partition coefficient (Wildman–Crippen LogP) is 3.32. The van der Waals surface area contributed by atoms with Crippen LogP contribution in [0.2, 0.25) is 0 Å². The Hall–Kier alpha value is -2.14. The molecule has 4 nitrogen and oxygen atoms in total. The van der Waals surface area contributed by atoms with Gasteiger partial charge in [0.1, 0.15) is 5.75 Å². The molecule has 2 aromatic carbocycles. The summed E-state index contributed by atoms with van der Waals surface area (Å²) >= 11 is 1.50. The van der Waals surface area contributed by atoms with E-state index < -0.39 is 0 Å². The Morgan fingerprint density at radius 1 is 1.29 bits per heavy atom. The number of nitrogen functional groups attached to an aromatic ring is 1. The van der Waals surface area contributed by atoms with Gasteiger partial charge in [0.15, 0.2) is 0 Å². The molecule has 1 amide bonds. The van der Waals surface area contributed by atoms with Crippen LogP contribution < -0.4 is 15.8 Å². The molecule has 0 heterocycles. The third kappa shape index (κ3) is 4.43. The minimum absolute atomic E-state index is 0.0922. The zero-order valence-corrected chi connectivity index (χ0v) is 12.9. The number of nitrogens with one attached hydrogen (secondary N) is 1. The van der Waals surface area contributed by atoms with E-state index in [1.807, 2.05) is 25.1 Å². The maximum Gasteiger partial charge on any atom is 0.234 e. The normalized spacial score (nSPS) is 10.2. The minimum atomic E-state index is -0.0922. The maximum absolute atomic E-state index is 12.0. The van der Waals surface area contributed by atoms with Crippen LogP contribution in [0.25, 0.3) is 0 Å². The molecule has 5 heteroatoms. The molecular formula is C16H18N2O2S. The van der Waals surface area contributed by atoms with Crippen molar-refractivity contribution >= 4 is 29.0 Å². The van der Waals surface area contributed by atoms with Crippen molar-refractivity contribution in [2.45, 2.75) is 11.8 Å². The Morgan fingerprint density at radius 3 is 2.81 bits per heavy atom. The molecule has 2 aromatic rings. The van der Waals surface area contributed by atoms with Crippen LogP contribution in [-0.4, -0.2) is 18.8 Å². The van der Waals surface area contributed by atoms with Gasteiger partial charge in [0.05, 0.1) is 18.6 Å². The van der Waals surface area contributed by atoms with E-state index in [1.54, 1.807) is 25.3 Å². The summed E-state index contributed by atoms with van der Waals surface area (Å²) in [4.78, 5) is 13.1. The van der Waals surface area contributed by atoms with Gasteiger partial charge in [-0.1, -0.05) is 17.7 Å². The smallest absolute Gasteiger partial charge is 0.234 e. The second kappa shape index (κ2) is 7.04. The third-order valence-electron chi connectivity index (χ3n) is 2.86. The number of thioether (sulfide) groups is 1. The molecule has 0 saturated heterocycles. The Bertz CT molecular complexity index is 644. The van der Waals surface area contributed by atoms with Crippen molar-refractivity contribution in [1.29, 1.82) is 0 Å². The SMILES string of the molecule is COc1ccc(N)cc1NC(=O)CSc1cccc(C)c1. The molecule has 0 saturated carbocycles. The van der Waals surface area contributed by atoms with Crippen LogP contribution in [0, 0.1) is 6.92 Å². The molecule has 0 aliphatic carbocycles. The number of anilines is 2. The molecule has 0 fully saturated rings. The molecule has 0 aliphatic heterocycles. The number of nitrogens with two attached hydrogens (primary N) is 1. The summed E-state index contributed by atoms with van der Waals surface area (Å²) in [5.74, 6) is 0.838. The Kier molecular flexibility index (Phi) is 5.11. The summed E-state index contributed by atoms with van der Waals surface area (Å²) in [6, 6.07) is 13.2. The van der Waals surface area contributed by atoms with Crippen LogP contribution in [-0.2, 0) is 4.79 Å². The first-order valence-corrected chi connectivity index (χ1v) is 7.50. The monoisotopic (exact) mass is 302 g/mol. The zero-order chi connectivity index (χ0) is 15.2. The lowest BCUT2D eigenvalue weighted by Gasteiger charge is -2.11. The first kappa shape index (κ1) is 15.3. The molecule has 0 bridgehead atoms. The summed E-state index contributed by atoms with van der Waals surface area (Å²) in [6.07, 6.45) is 0. The minimum Gasteiger partial charge on any atom is -0.495 e. The molecule has 21 heavy (non-hydrogen) atoms. The van der Waals surface area contributed by atoms with Crippen molar-refractivity contribution in [2.75, 3.05) is 23.9 Å². The van der Waals surface area contributed by atoms with Gasteiger partial charge in [-0.15, -0.1) is 11.8 Å². The standard InChI is InChI=1S/C16H18N2O2S/c1-11-4-3-5-13(8-11)21-10-16(19)18-14-9-12(17)6-7-15(14)20-2/h3-9H,10,17H2,1-2H3,(H,18,19). The fourth-order valence-corrected chi connectivity index (χ4v) is 2.68. The topological polar surface area (TPSA) is 64.3 Å². The van der Waals surface area contributed by atoms with E-state index in [1.165, 1.54) is 17.3 Å². The fraction of sp³-hybridized carbons (Fsp3) is 0.188. The van der Waals surface area contributed by atoms with Crippen LogP contribution in [0.15, 0.2) is 47.4 Å². The van der Waals surface area contributed by atoms with E-state index in [0.717, 1.165) is 4.90 Å². The van der Waals surface area contributed by atoms with Gasteiger partial charge in [-0.05, 0) is 37.3 Å². The molecule has 110 valence electrons. The Morgan fingerprint density at radius 2 is 2.10 bits per heavy atom. The van der Waals surface area contributed by atoms with Crippen LogP contribution in [0.5, 0.6) is 5.75 Å². The number of rotatable bonds is 5. The van der Waals surface area contributed by atoms with Gasteiger partial charge in [-0.2, -0.15) is 0 Å². The largest absolute Gasteiger partial charge is 0.495 e. The van der Waals surface area contributed by atoms with Crippen molar-refractivity contribution in [3.8, 4) is 5.75 Å². The first-order valence-electron chi connectivity index (χ1n) is 6.51. The summed E-state index contributed by atoms with van der Waals surface area (Å²) in [5.41, 5.74) is 8.08. The van der Waals surface area contributed by atoms with E-state index in [0.29, 0.717) is 22.9 Å². The highest BCUT2D eigenvalue weighted by molar-refractivity contribution is 8.00. The fourth-order valence-electron chi connectivity index (χ4n) is 1.86. The lowest BCUT2D eigenvalue weighted by Crippen LogP contribution is -2.14. The quantitative estimate of drug-likeness (QED) is 0.657. The molecule has 2 rings (SSSR count). The average Bonchev–Trinajstić information content (AvgIpc) is 2.45. The van der Waals surface area contributed by atoms with E-state index in [9.17, 15) is 4.79 Å². The molecule has 0 atom stereocenters. The molecule has 3 N–H and O–H groups in total. The summed E-state index contributed by atoms with van der Waals surface area (Å²) < 4.78 is 5.20. The van der Waals surface area contributed by atoms with Crippen LogP contribution >= 0.6 is 11.8 Å².